The number of primary sulfonamides is 1. The summed E-state index contributed by atoms with van der Waals surface area (Å²) in [5.41, 5.74) is 5.20. The molecule has 10 heteroatoms. The number of sulfonamides is 2. The van der Waals surface area contributed by atoms with Crippen LogP contribution in [0.1, 0.15) is 12.8 Å². The topological polar surface area (TPSA) is 141 Å². The molecule has 2 rings (SSSR count). The van der Waals surface area contributed by atoms with Crippen molar-refractivity contribution in [2.75, 3.05) is 6.54 Å². The Bertz CT molecular complexity index is 756. The van der Waals surface area contributed by atoms with Gasteiger partial charge in [-0.15, -0.1) is 0 Å². The molecular weight excluding hydrogens is 318 g/mol. The van der Waals surface area contributed by atoms with Crippen LogP contribution in [-0.4, -0.2) is 39.6 Å². The summed E-state index contributed by atoms with van der Waals surface area (Å²) in [6, 6.07) is 3.64. The van der Waals surface area contributed by atoms with Gasteiger partial charge in [0.2, 0.25) is 26.0 Å². The largest absolute Gasteiger partial charge is 0.368 e. The van der Waals surface area contributed by atoms with E-state index in [1.807, 2.05) is 0 Å². The molecule has 1 aromatic carbocycles. The minimum absolute atomic E-state index is 0.108. The molecule has 1 aliphatic heterocycles. The van der Waals surface area contributed by atoms with E-state index in [9.17, 15) is 21.6 Å². The Balaban J connectivity index is 2.38. The van der Waals surface area contributed by atoms with Gasteiger partial charge in [0.1, 0.15) is 6.04 Å². The average Bonchev–Trinajstić information content (AvgIpc) is 2.88. The van der Waals surface area contributed by atoms with Crippen molar-refractivity contribution < 1.29 is 21.6 Å². The summed E-state index contributed by atoms with van der Waals surface area (Å²) < 4.78 is 48.2. The number of nitrogens with two attached hydrogens (primary N) is 2. The van der Waals surface area contributed by atoms with E-state index >= 15 is 0 Å². The van der Waals surface area contributed by atoms with Gasteiger partial charge in [0.25, 0.3) is 0 Å². The Kier molecular flexibility index (Phi) is 4.06. The first-order valence-corrected chi connectivity index (χ1v) is 9.07. The maximum Gasteiger partial charge on any atom is 0.243 e. The Morgan fingerprint density at radius 3 is 2.10 bits per heavy atom. The highest BCUT2D eigenvalue weighted by Crippen LogP contribution is 2.26. The summed E-state index contributed by atoms with van der Waals surface area (Å²) in [4.78, 5) is 11.0. The van der Waals surface area contributed by atoms with E-state index in [2.05, 4.69) is 0 Å². The molecule has 0 aromatic heterocycles. The van der Waals surface area contributed by atoms with Gasteiger partial charge in [-0.05, 0) is 37.1 Å². The molecular formula is C11H15N3O5S2. The van der Waals surface area contributed by atoms with Crippen molar-refractivity contribution in [3.63, 3.8) is 0 Å². The van der Waals surface area contributed by atoms with Crippen LogP contribution in [0, 0.1) is 0 Å². The van der Waals surface area contributed by atoms with Crippen LogP contribution in [0.5, 0.6) is 0 Å². The van der Waals surface area contributed by atoms with Crippen LogP contribution >= 0.6 is 0 Å². The van der Waals surface area contributed by atoms with Crippen molar-refractivity contribution in [2.24, 2.45) is 10.9 Å². The molecule has 21 heavy (non-hydrogen) atoms. The molecule has 0 spiro atoms. The molecule has 1 aromatic rings. The van der Waals surface area contributed by atoms with Crippen LogP contribution in [0.2, 0.25) is 0 Å². The predicted molar refractivity (Wildman–Crippen MR) is 73.9 cm³/mol. The summed E-state index contributed by atoms with van der Waals surface area (Å²) in [6.45, 7) is 0.201. The van der Waals surface area contributed by atoms with Gasteiger partial charge in [0.15, 0.2) is 0 Å². The van der Waals surface area contributed by atoms with E-state index in [0.717, 1.165) is 28.6 Å². The highest BCUT2D eigenvalue weighted by atomic mass is 32.2. The lowest BCUT2D eigenvalue weighted by Gasteiger charge is -2.21. The molecule has 1 atom stereocenters. The van der Waals surface area contributed by atoms with E-state index in [4.69, 9.17) is 10.9 Å². The van der Waals surface area contributed by atoms with Gasteiger partial charge in [0.05, 0.1) is 9.79 Å². The zero-order chi connectivity index (χ0) is 15.8. The fourth-order valence-corrected chi connectivity index (χ4v) is 4.43. The molecule has 0 radical (unpaired) electrons. The second-order valence-electron chi connectivity index (χ2n) is 4.69. The van der Waals surface area contributed by atoms with Gasteiger partial charge < -0.3 is 5.73 Å². The fraction of sp³-hybridized carbons (Fsp3) is 0.364. The zero-order valence-corrected chi connectivity index (χ0v) is 12.6. The Morgan fingerprint density at radius 1 is 1.10 bits per heavy atom. The first-order chi connectivity index (χ1) is 9.64. The zero-order valence-electron chi connectivity index (χ0n) is 11.0. The van der Waals surface area contributed by atoms with Gasteiger partial charge in [-0.3, -0.25) is 4.79 Å². The third kappa shape index (κ3) is 3.07. The van der Waals surface area contributed by atoms with Gasteiger partial charge in [-0.25, -0.2) is 22.0 Å². The van der Waals surface area contributed by atoms with Crippen LogP contribution in [0.3, 0.4) is 0 Å². The Labute approximate surface area is 122 Å². The van der Waals surface area contributed by atoms with Crippen molar-refractivity contribution in [3.05, 3.63) is 24.3 Å². The number of hydrogen-bond donors (Lipinski definition) is 2. The van der Waals surface area contributed by atoms with E-state index in [1.54, 1.807) is 0 Å². The molecule has 116 valence electrons. The molecule has 4 N–H and O–H groups in total. The number of amides is 1. The fourth-order valence-electron chi connectivity index (χ4n) is 2.25. The Hall–Kier alpha value is -1.49. The molecule has 1 aliphatic rings. The standard InChI is InChI=1S/C11H15N3O5S2/c12-11(15)10-2-1-7-14(10)21(18,19)9-5-3-8(4-6-9)20(13,16)17/h3-6,10H,1-2,7H2,(H2,12,15)(H2,13,16,17). The Morgan fingerprint density at radius 2 is 1.62 bits per heavy atom. The lowest BCUT2D eigenvalue weighted by Crippen LogP contribution is -2.43. The number of rotatable bonds is 4. The van der Waals surface area contributed by atoms with Gasteiger partial charge >= 0.3 is 0 Å². The first-order valence-electron chi connectivity index (χ1n) is 6.08. The number of hydrogen-bond acceptors (Lipinski definition) is 5. The summed E-state index contributed by atoms with van der Waals surface area (Å²) in [6.07, 6.45) is 0.923. The number of nitrogens with zero attached hydrogens (tertiary/aromatic N) is 1. The van der Waals surface area contributed by atoms with E-state index in [0.29, 0.717) is 12.8 Å². The molecule has 0 bridgehead atoms. The van der Waals surface area contributed by atoms with Crippen molar-refractivity contribution in [1.29, 1.82) is 0 Å². The molecule has 1 heterocycles. The number of benzene rings is 1. The van der Waals surface area contributed by atoms with Crippen LogP contribution in [0.15, 0.2) is 34.1 Å². The molecule has 1 saturated heterocycles. The lowest BCUT2D eigenvalue weighted by atomic mass is 10.2. The third-order valence-corrected chi connectivity index (χ3v) is 6.14. The van der Waals surface area contributed by atoms with Gasteiger partial charge in [-0.2, -0.15) is 4.31 Å². The molecule has 1 fully saturated rings. The highest BCUT2D eigenvalue weighted by Gasteiger charge is 2.38. The van der Waals surface area contributed by atoms with E-state index < -0.39 is 32.0 Å². The number of carbonyl (C=O) groups is 1. The van der Waals surface area contributed by atoms with Crippen LogP contribution in [-0.2, 0) is 24.8 Å². The predicted octanol–water partition coefficient (Wildman–Crippen LogP) is -1.03. The second kappa shape index (κ2) is 5.37. The quantitative estimate of drug-likeness (QED) is 0.725. The van der Waals surface area contributed by atoms with Crippen molar-refractivity contribution in [3.8, 4) is 0 Å². The summed E-state index contributed by atoms with van der Waals surface area (Å²) in [7, 11) is -7.79. The lowest BCUT2D eigenvalue weighted by molar-refractivity contribution is -0.121. The second-order valence-corrected chi connectivity index (χ2v) is 8.14. The van der Waals surface area contributed by atoms with Gasteiger partial charge in [0, 0.05) is 6.54 Å². The molecule has 8 nitrogen and oxygen atoms in total. The van der Waals surface area contributed by atoms with E-state index in [1.165, 1.54) is 0 Å². The first kappa shape index (κ1) is 15.9. The average molecular weight is 333 g/mol. The maximum absolute atomic E-state index is 12.4. The number of primary amides is 1. The van der Waals surface area contributed by atoms with Crippen LogP contribution < -0.4 is 10.9 Å². The smallest absolute Gasteiger partial charge is 0.243 e. The van der Waals surface area contributed by atoms with Gasteiger partial charge in [-0.1, -0.05) is 0 Å². The summed E-state index contributed by atoms with van der Waals surface area (Å²) in [5, 5.41) is 4.95. The summed E-state index contributed by atoms with van der Waals surface area (Å²) in [5.74, 6) is -0.697. The molecule has 0 saturated carbocycles. The third-order valence-electron chi connectivity index (χ3n) is 3.29. The van der Waals surface area contributed by atoms with Crippen LogP contribution in [0.4, 0.5) is 0 Å². The minimum Gasteiger partial charge on any atom is -0.368 e. The molecule has 1 unspecified atom stereocenters. The highest BCUT2D eigenvalue weighted by molar-refractivity contribution is 7.89. The van der Waals surface area contributed by atoms with Crippen LogP contribution in [0.25, 0.3) is 0 Å². The SMILES string of the molecule is NC(=O)C1CCCN1S(=O)(=O)c1ccc(S(N)(=O)=O)cc1. The maximum atomic E-state index is 12.4. The minimum atomic E-state index is -3.90. The monoisotopic (exact) mass is 333 g/mol. The van der Waals surface area contributed by atoms with Crippen molar-refractivity contribution >= 4 is 26.0 Å². The normalized spacial score (nSPS) is 20.5. The van der Waals surface area contributed by atoms with E-state index in [-0.39, 0.29) is 16.3 Å². The number of carbonyl (C=O) groups excluding carboxylic acids is 1. The van der Waals surface area contributed by atoms with Crippen molar-refractivity contribution in [1.82, 2.24) is 4.31 Å². The summed E-state index contributed by atoms with van der Waals surface area (Å²) >= 11 is 0. The van der Waals surface area contributed by atoms with Crippen molar-refractivity contribution in [2.45, 2.75) is 28.7 Å². The molecule has 1 amide bonds. The molecule has 0 aliphatic carbocycles.